The molecule has 0 atom stereocenters. The average Bonchev–Trinajstić information content (AvgIpc) is 2.56. The first-order valence-corrected chi connectivity index (χ1v) is 11.4. The monoisotopic (exact) mass is 402 g/mol. The van der Waals surface area contributed by atoms with E-state index in [0.29, 0.717) is 19.8 Å². The van der Waals surface area contributed by atoms with Gasteiger partial charge in [0.1, 0.15) is 0 Å². The summed E-state index contributed by atoms with van der Waals surface area (Å²) in [5.41, 5.74) is 0. The van der Waals surface area contributed by atoms with E-state index in [4.69, 9.17) is 13.3 Å². The number of hydrogen-bond donors (Lipinski definition) is 0. The Kier molecular flexibility index (Phi) is 11.1. The molecule has 0 saturated carbocycles. The predicted octanol–water partition coefficient (Wildman–Crippen LogP) is 5.05. The summed E-state index contributed by atoms with van der Waals surface area (Å²) in [6, 6.07) is 8.21. The highest BCUT2D eigenvalue weighted by Gasteiger charge is 2.43. The van der Waals surface area contributed by atoms with Crippen molar-refractivity contribution >= 4 is 29.9 Å². The van der Waals surface area contributed by atoms with Gasteiger partial charge in [-0.3, -0.25) is 0 Å². The average molecular weight is 403 g/mol. The molecule has 0 radical (unpaired) electrons. The molecule has 0 aliphatic rings. The molecule has 0 heterocycles. The van der Waals surface area contributed by atoms with E-state index >= 15 is 0 Å². The van der Waals surface area contributed by atoms with Crippen LogP contribution in [0.1, 0.15) is 59.3 Å². The topological polar surface area (TPSA) is 27.7 Å². The van der Waals surface area contributed by atoms with Crippen LogP contribution in [0.25, 0.3) is 0 Å². The molecule has 1 rings (SSSR count). The van der Waals surface area contributed by atoms with Crippen LogP contribution in [0.5, 0.6) is 0 Å². The third kappa shape index (κ3) is 7.48. The van der Waals surface area contributed by atoms with E-state index < -0.39 is 8.80 Å². The van der Waals surface area contributed by atoms with Gasteiger partial charge in [0, 0.05) is 29.5 Å². The van der Waals surface area contributed by atoms with Crippen molar-refractivity contribution in [2.45, 2.75) is 59.3 Å². The Hall–Kier alpha value is -0.203. The van der Waals surface area contributed by atoms with E-state index in [0.717, 1.165) is 48.2 Å². The first-order chi connectivity index (χ1) is 11.2. The van der Waals surface area contributed by atoms with Crippen LogP contribution in [0.15, 0.2) is 28.7 Å². The molecule has 0 amide bonds. The lowest BCUT2D eigenvalue weighted by atomic mass is 10.4. The van der Waals surface area contributed by atoms with Gasteiger partial charge in [-0.05, 0) is 31.4 Å². The largest absolute Gasteiger partial charge is 0.537 e. The first-order valence-electron chi connectivity index (χ1n) is 8.86. The van der Waals surface area contributed by atoms with Gasteiger partial charge in [-0.15, -0.1) is 0 Å². The van der Waals surface area contributed by atoms with Gasteiger partial charge in [-0.25, -0.2) is 0 Å². The van der Waals surface area contributed by atoms with Crippen LogP contribution < -0.4 is 5.19 Å². The summed E-state index contributed by atoms with van der Waals surface area (Å²) < 4.78 is 19.9. The zero-order valence-electron chi connectivity index (χ0n) is 14.8. The van der Waals surface area contributed by atoms with Gasteiger partial charge in [0.2, 0.25) is 0 Å². The Bertz CT molecular complexity index is 385. The molecule has 0 unspecified atom stereocenters. The van der Waals surface area contributed by atoms with Crippen molar-refractivity contribution in [2.24, 2.45) is 0 Å². The lowest BCUT2D eigenvalue weighted by Gasteiger charge is -2.30. The van der Waals surface area contributed by atoms with E-state index in [9.17, 15) is 0 Å². The Balaban J connectivity index is 2.95. The molecule has 0 aromatic heterocycles. The van der Waals surface area contributed by atoms with Crippen molar-refractivity contribution in [2.75, 3.05) is 19.8 Å². The van der Waals surface area contributed by atoms with E-state index in [2.05, 4.69) is 48.8 Å². The van der Waals surface area contributed by atoms with Crippen molar-refractivity contribution in [1.29, 1.82) is 0 Å². The SMILES string of the molecule is CCCCO[Si](OCCCC)(OCCCC)c1ccc(Br)cc1. The maximum absolute atomic E-state index is 6.27. The van der Waals surface area contributed by atoms with Crippen molar-refractivity contribution < 1.29 is 13.3 Å². The highest BCUT2D eigenvalue weighted by atomic mass is 79.9. The fraction of sp³-hybridized carbons (Fsp3) is 0.667. The second-order valence-corrected chi connectivity index (χ2v) is 9.14. The summed E-state index contributed by atoms with van der Waals surface area (Å²) in [5.74, 6) is 0. The molecule has 1 aromatic rings. The predicted molar refractivity (Wildman–Crippen MR) is 102 cm³/mol. The molecule has 1 aromatic carbocycles. The Morgan fingerprint density at radius 3 is 1.48 bits per heavy atom. The Morgan fingerprint density at radius 2 is 1.13 bits per heavy atom. The highest BCUT2D eigenvalue weighted by Crippen LogP contribution is 2.16. The van der Waals surface area contributed by atoms with E-state index in [1.807, 2.05) is 12.1 Å². The van der Waals surface area contributed by atoms with Gasteiger partial charge < -0.3 is 13.3 Å². The molecule has 0 bridgehead atoms. The molecule has 0 aliphatic carbocycles. The van der Waals surface area contributed by atoms with Crippen molar-refractivity contribution in [3.8, 4) is 0 Å². The van der Waals surface area contributed by atoms with Gasteiger partial charge in [0.25, 0.3) is 0 Å². The fourth-order valence-electron chi connectivity index (χ4n) is 2.08. The molecule has 0 saturated heterocycles. The normalized spacial score (nSPS) is 11.8. The van der Waals surface area contributed by atoms with Crippen LogP contribution in [0, 0.1) is 0 Å². The fourth-order valence-corrected chi connectivity index (χ4v) is 4.91. The van der Waals surface area contributed by atoms with Gasteiger partial charge in [-0.1, -0.05) is 68.1 Å². The first kappa shape index (κ1) is 20.8. The lowest BCUT2D eigenvalue weighted by Crippen LogP contribution is -2.57. The number of benzene rings is 1. The molecule has 3 nitrogen and oxygen atoms in total. The van der Waals surface area contributed by atoms with E-state index in [1.165, 1.54) is 0 Å². The van der Waals surface area contributed by atoms with Crippen LogP contribution in [0.3, 0.4) is 0 Å². The standard InChI is InChI=1S/C18H31BrO3Si/c1-4-7-14-20-23(21-15-8-5-2,22-16-9-6-3)18-12-10-17(19)11-13-18/h10-13H,4-9,14-16H2,1-3H3. The maximum atomic E-state index is 6.27. The maximum Gasteiger partial charge on any atom is 0.537 e. The molecule has 0 spiro atoms. The number of hydrogen-bond acceptors (Lipinski definition) is 3. The van der Waals surface area contributed by atoms with Crippen LogP contribution in [0.4, 0.5) is 0 Å². The molecular weight excluding hydrogens is 372 g/mol. The third-order valence-electron chi connectivity index (χ3n) is 3.57. The van der Waals surface area contributed by atoms with Crippen molar-refractivity contribution in [1.82, 2.24) is 0 Å². The van der Waals surface area contributed by atoms with E-state index in [-0.39, 0.29) is 0 Å². The quantitative estimate of drug-likeness (QED) is 0.341. The minimum atomic E-state index is -2.83. The second kappa shape index (κ2) is 12.2. The summed E-state index contributed by atoms with van der Waals surface area (Å²) in [4.78, 5) is 0. The molecule has 0 fully saturated rings. The van der Waals surface area contributed by atoms with Gasteiger partial charge in [-0.2, -0.15) is 0 Å². The highest BCUT2D eigenvalue weighted by molar-refractivity contribution is 9.10. The number of unbranched alkanes of at least 4 members (excludes halogenated alkanes) is 3. The minimum Gasteiger partial charge on any atom is -0.370 e. The van der Waals surface area contributed by atoms with Crippen molar-refractivity contribution in [3.05, 3.63) is 28.7 Å². The smallest absolute Gasteiger partial charge is 0.370 e. The Morgan fingerprint density at radius 1 is 0.739 bits per heavy atom. The summed E-state index contributed by atoms with van der Waals surface area (Å²) in [5, 5.41) is 1.06. The minimum absolute atomic E-state index is 0.692. The van der Waals surface area contributed by atoms with Crippen LogP contribution >= 0.6 is 15.9 Å². The molecular formula is C18H31BrO3Si. The number of rotatable bonds is 13. The summed E-state index contributed by atoms with van der Waals surface area (Å²) in [7, 11) is -2.83. The summed E-state index contributed by atoms with van der Waals surface area (Å²) in [6.07, 6.45) is 6.40. The summed E-state index contributed by atoms with van der Waals surface area (Å²) in [6.45, 7) is 8.58. The van der Waals surface area contributed by atoms with Gasteiger partial charge in [0.05, 0.1) is 0 Å². The van der Waals surface area contributed by atoms with Crippen LogP contribution in [-0.4, -0.2) is 28.6 Å². The lowest BCUT2D eigenvalue weighted by molar-refractivity contribution is 0.0700. The Labute approximate surface area is 151 Å². The van der Waals surface area contributed by atoms with E-state index in [1.54, 1.807) is 0 Å². The molecule has 5 heteroatoms. The summed E-state index contributed by atoms with van der Waals surface area (Å²) >= 11 is 3.50. The van der Waals surface area contributed by atoms with Crippen LogP contribution in [0.2, 0.25) is 0 Å². The van der Waals surface area contributed by atoms with Crippen LogP contribution in [-0.2, 0) is 13.3 Å². The van der Waals surface area contributed by atoms with Gasteiger partial charge >= 0.3 is 8.80 Å². The zero-order valence-corrected chi connectivity index (χ0v) is 17.4. The molecule has 132 valence electrons. The zero-order chi connectivity index (χ0) is 17.0. The van der Waals surface area contributed by atoms with Crippen molar-refractivity contribution in [3.63, 3.8) is 0 Å². The van der Waals surface area contributed by atoms with Gasteiger partial charge in [0.15, 0.2) is 0 Å². The molecule has 23 heavy (non-hydrogen) atoms. The molecule has 0 aliphatic heterocycles. The molecule has 0 N–H and O–H groups in total. The third-order valence-corrected chi connectivity index (χ3v) is 6.89. The number of halogens is 1. The second-order valence-electron chi connectivity index (χ2n) is 5.67.